The molecule has 1 N–H and O–H groups in total. The summed E-state index contributed by atoms with van der Waals surface area (Å²) in [6, 6.07) is 0. The summed E-state index contributed by atoms with van der Waals surface area (Å²) in [5.74, 6) is -0.160. The Bertz CT molecular complexity index is 460. The van der Waals surface area contributed by atoms with Crippen LogP contribution in [0.3, 0.4) is 0 Å². The third-order valence-electron chi connectivity index (χ3n) is 7.08. The van der Waals surface area contributed by atoms with Gasteiger partial charge in [-0.05, 0) is 38.5 Å². The Balaban J connectivity index is 3.51. The maximum Gasteiger partial charge on any atom is 0.302 e. The molecule has 208 valence electrons. The summed E-state index contributed by atoms with van der Waals surface area (Å²) < 4.78 is 5.47. The molecule has 0 saturated heterocycles. The van der Waals surface area contributed by atoms with E-state index in [1.54, 1.807) is 0 Å². The van der Waals surface area contributed by atoms with Gasteiger partial charge in [0.25, 0.3) is 0 Å². The van der Waals surface area contributed by atoms with Crippen molar-refractivity contribution in [3.8, 4) is 0 Å². The molecule has 0 aliphatic heterocycles. The monoisotopic (exact) mass is 494 g/mol. The van der Waals surface area contributed by atoms with Crippen molar-refractivity contribution >= 4 is 5.97 Å². The quantitative estimate of drug-likeness (QED) is 0.0701. The molecule has 0 bridgehead atoms. The number of esters is 1. The molecule has 3 heteroatoms. The minimum atomic E-state index is -0.160. The third kappa shape index (κ3) is 27.6. The minimum absolute atomic E-state index is 0.0485. The number of aliphatic hydroxyl groups is 1. The topological polar surface area (TPSA) is 46.5 Å². The Morgan fingerprint density at radius 2 is 1.06 bits per heavy atom. The minimum Gasteiger partial charge on any atom is -0.462 e. The third-order valence-corrected chi connectivity index (χ3v) is 7.08. The number of hydrogen-bond acceptors (Lipinski definition) is 3. The molecule has 0 heterocycles. The average molecular weight is 495 g/mol. The van der Waals surface area contributed by atoms with Gasteiger partial charge in [0, 0.05) is 13.3 Å². The molecule has 35 heavy (non-hydrogen) atoms. The first-order valence-electron chi connectivity index (χ1n) is 15.6. The average Bonchev–Trinajstić information content (AvgIpc) is 2.83. The van der Waals surface area contributed by atoms with Crippen LogP contribution in [0.2, 0.25) is 0 Å². The smallest absolute Gasteiger partial charge is 0.302 e. The molecule has 0 radical (unpaired) electrons. The second-order valence-corrected chi connectivity index (χ2v) is 10.8. The molecular weight excluding hydrogens is 432 g/mol. The first-order chi connectivity index (χ1) is 17.1. The molecule has 0 aliphatic carbocycles. The second-order valence-electron chi connectivity index (χ2n) is 10.8. The van der Waals surface area contributed by atoms with E-state index in [9.17, 15) is 9.90 Å². The van der Waals surface area contributed by atoms with Crippen LogP contribution in [0, 0.1) is 0 Å². The fourth-order valence-electron chi connectivity index (χ4n) is 4.81. The summed E-state index contributed by atoms with van der Waals surface area (Å²) in [5, 5.41) is 10.2. The number of ether oxygens (including phenoxy) is 1. The number of carbonyl (C=O) groups is 1. The Hall–Kier alpha value is -0.830. The number of rotatable bonds is 27. The fraction of sp³-hybridized carbons (Fsp3) is 0.906. The van der Waals surface area contributed by atoms with E-state index in [1.165, 1.54) is 116 Å². The standard InChI is InChI=1S/C32H62O3/c1-4-6-8-10-11-12-13-16-19-22-26-31(34)27-23-20-17-14-15-18-21-25-29-32(35-30(3)33)28-24-9-7-5-2/h21,25,31-32,34H,4-20,22-24,26-29H2,1-3H3. The van der Waals surface area contributed by atoms with Crippen LogP contribution in [0.15, 0.2) is 12.2 Å². The maximum absolute atomic E-state index is 11.3. The fourth-order valence-corrected chi connectivity index (χ4v) is 4.81. The van der Waals surface area contributed by atoms with Crippen LogP contribution in [0.1, 0.15) is 175 Å². The first kappa shape index (κ1) is 34.2. The zero-order valence-electron chi connectivity index (χ0n) is 24.0. The van der Waals surface area contributed by atoms with Gasteiger partial charge in [-0.1, -0.05) is 135 Å². The van der Waals surface area contributed by atoms with Crippen molar-refractivity contribution in [2.45, 2.75) is 187 Å². The summed E-state index contributed by atoms with van der Waals surface area (Å²) in [6.07, 6.45) is 34.0. The van der Waals surface area contributed by atoms with Crippen molar-refractivity contribution in [3.63, 3.8) is 0 Å². The highest BCUT2D eigenvalue weighted by Gasteiger charge is 2.09. The van der Waals surface area contributed by atoms with Gasteiger partial charge >= 0.3 is 5.97 Å². The molecule has 0 fully saturated rings. The summed E-state index contributed by atoms with van der Waals surface area (Å²) >= 11 is 0. The van der Waals surface area contributed by atoms with Crippen molar-refractivity contribution in [1.82, 2.24) is 0 Å². The molecule has 2 unspecified atom stereocenters. The zero-order chi connectivity index (χ0) is 25.8. The lowest BCUT2D eigenvalue weighted by molar-refractivity contribution is -0.146. The van der Waals surface area contributed by atoms with E-state index in [4.69, 9.17) is 4.74 Å². The number of hydrogen-bond donors (Lipinski definition) is 1. The number of aliphatic hydroxyl groups excluding tert-OH is 1. The lowest BCUT2D eigenvalue weighted by atomic mass is 10.0. The van der Waals surface area contributed by atoms with Gasteiger partial charge in [-0.15, -0.1) is 0 Å². The van der Waals surface area contributed by atoms with Crippen LogP contribution in [-0.4, -0.2) is 23.3 Å². The van der Waals surface area contributed by atoms with Crippen molar-refractivity contribution in [3.05, 3.63) is 12.2 Å². The molecule has 0 rings (SSSR count). The summed E-state index contributed by atoms with van der Waals surface area (Å²) in [7, 11) is 0. The van der Waals surface area contributed by atoms with E-state index < -0.39 is 0 Å². The second kappa shape index (κ2) is 27.8. The van der Waals surface area contributed by atoms with Crippen LogP contribution in [0.5, 0.6) is 0 Å². The molecule has 0 aromatic heterocycles. The van der Waals surface area contributed by atoms with Crippen LogP contribution in [0.25, 0.3) is 0 Å². The first-order valence-corrected chi connectivity index (χ1v) is 15.6. The van der Waals surface area contributed by atoms with E-state index >= 15 is 0 Å². The van der Waals surface area contributed by atoms with Crippen molar-refractivity contribution in [2.75, 3.05) is 0 Å². The van der Waals surface area contributed by atoms with Gasteiger partial charge < -0.3 is 9.84 Å². The van der Waals surface area contributed by atoms with Crippen molar-refractivity contribution < 1.29 is 14.6 Å². The maximum atomic E-state index is 11.3. The van der Waals surface area contributed by atoms with E-state index in [2.05, 4.69) is 26.0 Å². The molecule has 3 nitrogen and oxygen atoms in total. The Kier molecular flexibility index (Phi) is 27.1. The van der Waals surface area contributed by atoms with Gasteiger partial charge in [0.2, 0.25) is 0 Å². The van der Waals surface area contributed by atoms with Gasteiger partial charge in [0.05, 0.1) is 6.10 Å². The van der Waals surface area contributed by atoms with Gasteiger partial charge in [-0.2, -0.15) is 0 Å². The molecule has 0 spiro atoms. The van der Waals surface area contributed by atoms with E-state index in [0.717, 1.165) is 44.9 Å². The molecule has 0 saturated carbocycles. The van der Waals surface area contributed by atoms with E-state index in [-0.39, 0.29) is 18.2 Å². The Morgan fingerprint density at radius 3 is 1.57 bits per heavy atom. The lowest BCUT2D eigenvalue weighted by Crippen LogP contribution is -2.15. The van der Waals surface area contributed by atoms with Gasteiger partial charge in [0.1, 0.15) is 6.10 Å². The Labute approximate surface area is 219 Å². The highest BCUT2D eigenvalue weighted by atomic mass is 16.5. The SMILES string of the molecule is CCCCCCCCCCCCC(O)CCCCCCCC=CCC(CCCCCC)OC(C)=O. The normalized spacial score (nSPS) is 13.4. The molecule has 0 aliphatic rings. The Morgan fingerprint density at radius 1 is 0.629 bits per heavy atom. The highest BCUT2D eigenvalue weighted by Crippen LogP contribution is 2.16. The summed E-state index contributed by atoms with van der Waals surface area (Å²) in [5.41, 5.74) is 0. The van der Waals surface area contributed by atoms with E-state index in [1.807, 2.05) is 0 Å². The molecule has 0 aromatic carbocycles. The van der Waals surface area contributed by atoms with Gasteiger partial charge in [-0.25, -0.2) is 0 Å². The van der Waals surface area contributed by atoms with Gasteiger partial charge in [-0.3, -0.25) is 4.79 Å². The van der Waals surface area contributed by atoms with Gasteiger partial charge in [0.15, 0.2) is 0 Å². The largest absolute Gasteiger partial charge is 0.462 e. The summed E-state index contributed by atoms with van der Waals surface area (Å²) in [4.78, 5) is 11.3. The van der Waals surface area contributed by atoms with Crippen LogP contribution in [0.4, 0.5) is 0 Å². The molecule has 0 amide bonds. The summed E-state index contributed by atoms with van der Waals surface area (Å²) in [6.45, 7) is 6.01. The molecular formula is C32H62O3. The van der Waals surface area contributed by atoms with Crippen molar-refractivity contribution in [2.24, 2.45) is 0 Å². The lowest BCUT2D eigenvalue weighted by Gasteiger charge is -2.15. The molecule has 0 aromatic rings. The van der Waals surface area contributed by atoms with E-state index in [0.29, 0.717) is 0 Å². The van der Waals surface area contributed by atoms with Crippen LogP contribution < -0.4 is 0 Å². The zero-order valence-corrected chi connectivity index (χ0v) is 24.0. The van der Waals surface area contributed by atoms with Crippen LogP contribution in [-0.2, 0) is 9.53 Å². The molecule has 2 atom stereocenters. The highest BCUT2D eigenvalue weighted by molar-refractivity contribution is 5.66. The number of allylic oxidation sites excluding steroid dienone is 1. The van der Waals surface area contributed by atoms with Crippen molar-refractivity contribution in [1.29, 1.82) is 0 Å². The predicted molar refractivity (Wildman–Crippen MR) is 153 cm³/mol. The van der Waals surface area contributed by atoms with Crippen LogP contribution >= 0.6 is 0 Å². The number of carbonyl (C=O) groups excluding carboxylic acids is 1. The number of unbranched alkanes of at least 4 members (excludes halogenated alkanes) is 17. The predicted octanol–water partition coefficient (Wildman–Crippen LogP) is 10.2.